The minimum absolute atomic E-state index is 0.0806. The lowest BCUT2D eigenvalue weighted by Gasteiger charge is -2.03. The summed E-state index contributed by atoms with van der Waals surface area (Å²) in [6.07, 6.45) is 5.36. The van der Waals surface area contributed by atoms with E-state index in [-0.39, 0.29) is 11.6 Å². The zero-order valence-electron chi connectivity index (χ0n) is 15.4. The van der Waals surface area contributed by atoms with E-state index in [1.54, 1.807) is 48.7 Å². The Labute approximate surface area is 159 Å². The maximum Gasteiger partial charge on any atom is 0.291 e. The molecule has 0 aliphatic carbocycles. The number of carbonyl (C=O) groups is 3. The second kappa shape index (κ2) is 7.40. The van der Waals surface area contributed by atoms with E-state index in [4.69, 9.17) is 5.21 Å². The Bertz CT molecular complexity index is 1060. The number of aromatic nitrogens is 4. The van der Waals surface area contributed by atoms with Gasteiger partial charge in [-0.05, 0) is 12.1 Å². The van der Waals surface area contributed by atoms with Crippen molar-refractivity contribution in [3.05, 3.63) is 47.9 Å². The van der Waals surface area contributed by atoms with Crippen LogP contribution in [0.5, 0.6) is 0 Å². The molecule has 11 heteroatoms. The topological polar surface area (TPSA) is 135 Å². The first-order chi connectivity index (χ1) is 13.3. The third-order valence-electron chi connectivity index (χ3n) is 4.11. The number of amides is 2. The van der Waals surface area contributed by atoms with Gasteiger partial charge in [0.1, 0.15) is 5.69 Å². The Hall–Kier alpha value is -3.86. The molecule has 0 atom stereocenters. The number of nitrogens with zero attached hydrogens (tertiary/aromatic N) is 4. The van der Waals surface area contributed by atoms with Crippen LogP contribution in [0.25, 0.3) is 0 Å². The molecule has 0 saturated carbocycles. The van der Waals surface area contributed by atoms with Gasteiger partial charge in [0.05, 0.1) is 23.3 Å². The average Bonchev–Trinajstić information content (AvgIpc) is 3.31. The fourth-order valence-corrected chi connectivity index (χ4v) is 2.74. The lowest BCUT2D eigenvalue weighted by molar-refractivity contribution is 0.100. The lowest BCUT2D eigenvalue weighted by Crippen LogP contribution is -2.16. The van der Waals surface area contributed by atoms with Crippen LogP contribution in [0.4, 0.5) is 17.2 Å². The molecule has 0 radical (unpaired) electrons. The van der Waals surface area contributed by atoms with Crippen molar-refractivity contribution in [1.82, 2.24) is 18.7 Å². The first-order valence-electron chi connectivity index (χ1n) is 8.16. The van der Waals surface area contributed by atoms with Gasteiger partial charge in [0.2, 0.25) is 5.82 Å². The molecule has 28 heavy (non-hydrogen) atoms. The van der Waals surface area contributed by atoms with Gasteiger partial charge in [-0.15, -0.1) is 0 Å². The van der Waals surface area contributed by atoms with E-state index in [1.165, 1.54) is 16.8 Å². The quantitative estimate of drug-likeness (QED) is 0.372. The summed E-state index contributed by atoms with van der Waals surface area (Å²) in [5.41, 5.74) is 3.51. The fraction of sp³-hybridized carbons (Fsp3) is 0.176. The number of carbonyl (C=O) groups excluding carboxylic acids is 3. The Balaban J connectivity index is 1.74. The van der Waals surface area contributed by atoms with Crippen molar-refractivity contribution in [2.75, 3.05) is 16.1 Å². The summed E-state index contributed by atoms with van der Waals surface area (Å²) in [6, 6.07) is 3.08. The number of hydrogen-bond acceptors (Lipinski definition) is 6. The second-order valence-electron chi connectivity index (χ2n) is 6.19. The summed E-state index contributed by atoms with van der Waals surface area (Å²) in [5.74, 6) is -0.675. The number of hydrogen-bond donors (Lipinski definition) is 4. The van der Waals surface area contributed by atoms with E-state index >= 15 is 0 Å². The van der Waals surface area contributed by atoms with E-state index in [0.717, 1.165) is 0 Å². The molecule has 3 aromatic heterocycles. The summed E-state index contributed by atoms with van der Waals surface area (Å²) in [6.45, 7) is 0. The molecule has 0 fully saturated rings. The number of rotatable bonds is 6. The maximum absolute atomic E-state index is 12.5. The van der Waals surface area contributed by atoms with Crippen molar-refractivity contribution in [3.8, 4) is 0 Å². The Morgan fingerprint density at radius 1 is 0.964 bits per heavy atom. The molecule has 0 saturated heterocycles. The SMILES string of the molecule is Cn1cc(NC(=O)c2cc(NC(=O)c3nc(NO)cn3C)cn2C)cc1C=O. The Morgan fingerprint density at radius 3 is 2.21 bits per heavy atom. The van der Waals surface area contributed by atoms with Crippen LogP contribution in [-0.4, -0.2) is 42.0 Å². The van der Waals surface area contributed by atoms with Gasteiger partial charge in [0.25, 0.3) is 11.8 Å². The number of anilines is 3. The molecule has 2 amide bonds. The van der Waals surface area contributed by atoms with Crippen LogP contribution >= 0.6 is 0 Å². The highest BCUT2D eigenvalue weighted by Gasteiger charge is 2.18. The molecule has 3 aromatic rings. The van der Waals surface area contributed by atoms with Crippen LogP contribution in [0.1, 0.15) is 31.6 Å². The zero-order chi connectivity index (χ0) is 20.4. The molecule has 146 valence electrons. The summed E-state index contributed by atoms with van der Waals surface area (Å²) >= 11 is 0. The molecule has 3 heterocycles. The zero-order valence-corrected chi connectivity index (χ0v) is 15.4. The van der Waals surface area contributed by atoms with Crippen LogP contribution in [0.3, 0.4) is 0 Å². The van der Waals surface area contributed by atoms with E-state index < -0.39 is 11.8 Å². The monoisotopic (exact) mass is 385 g/mol. The van der Waals surface area contributed by atoms with E-state index in [9.17, 15) is 14.4 Å². The van der Waals surface area contributed by atoms with Gasteiger partial charge in [-0.3, -0.25) is 25.1 Å². The molecule has 0 spiro atoms. The highest BCUT2D eigenvalue weighted by Crippen LogP contribution is 2.18. The lowest BCUT2D eigenvalue weighted by atomic mass is 10.3. The largest absolute Gasteiger partial charge is 0.346 e. The van der Waals surface area contributed by atoms with Gasteiger partial charge in [-0.2, -0.15) is 0 Å². The van der Waals surface area contributed by atoms with Crippen molar-refractivity contribution in [2.45, 2.75) is 0 Å². The predicted molar refractivity (Wildman–Crippen MR) is 101 cm³/mol. The van der Waals surface area contributed by atoms with Crippen LogP contribution in [0, 0.1) is 0 Å². The molecule has 0 unspecified atom stereocenters. The molecular formula is C17H19N7O4. The standard InChI is InChI=1S/C17H19N7O4/c1-22-6-10(4-12(22)9-25)18-16(26)13-5-11(7-23(13)2)19-17(27)15-20-14(21-28)8-24(15)3/h4-9,21,28H,1-3H3,(H,18,26)(H,19,27). The second-order valence-corrected chi connectivity index (χ2v) is 6.19. The normalized spacial score (nSPS) is 10.6. The van der Waals surface area contributed by atoms with Crippen molar-refractivity contribution >= 4 is 35.3 Å². The molecule has 4 N–H and O–H groups in total. The van der Waals surface area contributed by atoms with Crippen LogP contribution in [0.15, 0.2) is 30.7 Å². The molecule has 0 aromatic carbocycles. The van der Waals surface area contributed by atoms with E-state index in [0.29, 0.717) is 29.0 Å². The van der Waals surface area contributed by atoms with Crippen LogP contribution in [-0.2, 0) is 21.1 Å². The van der Waals surface area contributed by atoms with E-state index in [1.807, 2.05) is 5.48 Å². The molecule has 0 bridgehead atoms. The first kappa shape index (κ1) is 18.9. The maximum atomic E-state index is 12.5. The fourth-order valence-electron chi connectivity index (χ4n) is 2.74. The van der Waals surface area contributed by atoms with E-state index in [2.05, 4.69) is 15.6 Å². The summed E-state index contributed by atoms with van der Waals surface area (Å²) in [4.78, 5) is 39.7. The van der Waals surface area contributed by atoms with Gasteiger partial charge < -0.3 is 24.3 Å². The summed E-state index contributed by atoms with van der Waals surface area (Å²) in [7, 11) is 4.98. The van der Waals surface area contributed by atoms with Crippen LogP contribution in [0.2, 0.25) is 0 Å². The third-order valence-corrected chi connectivity index (χ3v) is 4.11. The third kappa shape index (κ3) is 3.64. The molecular weight excluding hydrogens is 366 g/mol. The minimum Gasteiger partial charge on any atom is -0.346 e. The number of aryl methyl sites for hydroxylation is 3. The van der Waals surface area contributed by atoms with Gasteiger partial charge in [-0.1, -0.05) is 0 Å². The van der Waals surface area contributed by atoms with Gasteiger partial charge >= 0.3 is 0 Å². The number of imidazole rings is 1. The van der Waals surface area contributed by atoms with Gasteiger partial charge in [0, 0.05) is 33.5 Å². The molecule has 3 rings (SSSR count). The number of aldehydes is 1. The predicted octanol–water partition coefficient (Wildman–Crippen LogP) is 1.22. The first-order valence-corrected chi connectivity index (χ1v) is 8.16. The van der Waals surface area contributed by atoms with Crippen molar-refractivity contribution < 1.29 is 19.6 Å². The smallest absolute Gasteiger partial charge is 0.291 e. The highest BCUT2D eigenvalue weighted by atomic mass is 16.5. The van der Waals surface area contributed by atoms with Crippen molar-refractivity contribution in [2.24, 2.45) is 21.1 Å². The highest BCUT2D eigenvalue weighted by molar-refractivity contribution is 6.06. The van der Waals surface area contributed by atoms with Crippen molar-refractivity contribution in [3.63, 3.8) is 0 Å². The van der Waals surface area contributed by atoms with Gasteiger partial charge in [0.15, 0.2) is 12.1 Å². The Kier molecular flexibility index (Phi) is 5.00. The molecule has 11 nitrogen and oxygen atoms in total. The van der Waals surface area contributed by atoms with Crippen LogP contribution < -0.4 is 16.1 Å². The number of nitrogens with one attached hydrogen (secondary N) is 3. The molecule has 0 aliphatic heterocycles. The summed E-state index contributed by atoms with van der Waals surface area (Å²) < 4.78 is 4.61. The van der Waals surface area contributed by atoms with Crippen molar-refractivity contribution in [1.29, 1.82) is 0 Å². The molecule has 0 aliphatic rings. The minimum atomic E-state index is -0.500. The Morgan fingerprint density at radius 2 is 1.61 bits per heavy atom. The average molecular weight is 385 g/mol. The van der Waals surface area contributed by atoms with Gasteiger partial charge in [-0.25, -0.2) is 4.98 Å². The summed E-state index contributed by atoms with van der Waals surface area (Å²) in [5, 5.41) is 14.2.